The van der Waals surface area contributed by atoms with Gasteiger partial charge in [-0.2, -0.15) is 10.2 Å². The van der Waals surface area contributed by atoms with Crippen LogP contribution in [0.5, 0.6) is 11.5 Å². The van der Waals surface area contributed by atoms with E-state index in [2.05, 4.69) is 20.7 Å². The van der Waals surface area contributed by atoms with Gasteiger partial charge in [0, 0.05) is 17.3 Å². The number of H-pyrrole nitrogens is 1. The number of carbonyl (C=O) groups excluding carboxylic acids is 1. The Labute approximate surface area is 136 Å². The number of non-ortho nitro benzene ring substituents is 1. The molecule has 2 aromatic rings. The highest BCUT2D eigenvalue weighted by atomic mass is 16.6. The minimum absolute atomic E-state index is 0.0335. The van der Waals surface area contributed by atoms with E-state index in [1.165, 1.54) is 6.07 Å². The van der Waals surface area contributed by atoms with Gasteiger partial charge in [-0.15, -0.1) is 0 Å². The molecule has 0 saturated heterocycles. The summed E-state index contributed by atoms with van der Waals surface area (Å²) in [4.78, 5) is 22.1. The van der Waals surface area contributed by atoms with Crippen LogP contribution in [0.4, 0.5) is 5.69 Å². The topological polar surface area (TPSA) is 143 Å². The number of amides is 1. The first kappa shape index (κ1) is 16.9. The molecule has 0 radical (unpaired) electrons. The molecule has 1 amide bonds. The average molecular weight is 333 g/mol. The number of phenolic OH excluding ortho intramolecular Hbond substituents is 1. The summed E-state index contributed by atoms with van der Waals surface area (Å²) in [6.07, 6.45) is 1.09. The number of nitrogens with one attached hydrogen (secondary N) is 2. The monoisotopic (exact) mass is 333 g/mol. The Morgan fingerprint density at radius 1 is 1.54 bits per heavy atom. The largest absolute Gasteiger partial charge is 0.504 e. The zero-order valence-corrected chi connectivity index (χ0v) is 12.9. The van der Waals surface area contributed by atoms with Gasteiger partial charge in [0.15, 0.2) is 17.2 Å². The van der Waals surface area contributed by atoms with E-state index in [0.717, 1.165) is 18.3 Å². The maximum atomic E-state index is 11.8. The van der Waals surface area contributed by atoms with Crippen molar-refractivity contribution >= 4 is 17.8 Å². The van der Waals surface area contributed by atoms with Gasteiger partial charge in [-0.05, 0) is 19.9 Å². The molecule has 126 valence electrons. The number of aryl methyl sites for hydroxylation is 1. The fourth-order valence-electron chi connectivity index (χ4n) is 1.84. The van der Waals surface area contributed by atoms with E-state index in [-0.39, 0.29) is 35.1 Å². The van der Waals surface area contributed by atoms with E-state index in [4.69, 9.17) is 4.74 Å². The second-order valence-electron chi connectivity index (χ2n) is 4.71. The number of phenols is 1. The SMILES string of the molecule is CCOc1cc([N+](=O)[O-])cc(/C=N/NC(=O)c2cc(C)[nH]n2)c1O. The quantitative estimate of drug-likeness (QED) is 0.415. The van der Waals surface area contributed by atoms with Crippen molar-refractivity contribution < 1.29 is 19.6 Å². The van der Waals surface area contributed by atoms with E-state index in [9.17, 15) is 20.0 Å². The lowest BCUT2D eigenvalue weighted by molar-refractivity contribution is -0.385. The van der Waals surface area contributed by atoms with Crippen LogP contribution in [0, 0.1) is 17.0 Å². The molecule has 0 aliphatic rings. The van der Waals surface area contributed by atoms with Crippen LogP contribution in [0.25, 0.3) is 0 Å². The van der Waals surface area contributed by atoms with Crippen LogP contribution in [0.1, 0.15) is 28.7 Å². The van der Waals surface area contributed by atoms with Gasteiger partial charge >= 0.3 is 0 Å². The standard InChI is InChI=1S/C14H15N5O5/c1-3-24-12-6-10(19(22)23)5-9(13(12)20)7-15-18-14(21)11-4-8(2)16-17-11/h4-7,20H,3H2,1-2H3,(H,16,17)(H,18,21)/b15-7+. The van der Waals surface area contributed by atoms with Crippen molar-refractivity contribution in [3.63, 3.8) is 0 Å². The van der Waals surface area contributed by atoms with Crippen molar-refractivity contribution in [1.82, 2.24) is 15.6 Å². The zero-order valence-electron chi connectivity index (χ0n) is 12.9. The molecule has 0 aliphatic carbocycles. The average Bonchev–Trinajstić information content (AvgIpc) is 2.97. The number of benzene rings is 1. The van der Waals surface area contributed by atoms with Gasteiger partial charge in [-0.25, -0.2) is 5.43 Å². The molecule has 0 bridgehead atoms. The van der Waals surface area contributed by atoms with Crippen molar-refractivity contribution in [3.05, 3.63) is 45.3 Å². The predicted octanol–water partition coefficient (Wildman–Crippen LogP) is 1.49. The fraction of sp³-hybridized carbons (Fsp3) is 0.214. The molecule has 2 rings (SSSR count). The summed E-state index contributed by atoms with van der Waals surface area (Å²) in [7, 11) is 0. The molecule has 1 heterocycles. The lowest BCUT2D eigenvalue weighted by Crippen LogP contribution is -2.18. The third-order valence-corrected chi connectivity index (χ3v) is 2.91. The Balaban J connectivity index is 2.21. The third kappa shape index (κ3) is 3.85. The molecule has 24 heavy (non-hydrogen) atoms. The normalized spacial score (nSPS) is 10.8. The summed E-state index contributed by atoms with van der Waals surface area (Å²) in [6, 6.07) is 3.76. The number of rotatable bonds is 6. The van der Waals surface area contributed by atoms with Gasteiger partial charge in [0.05, 0.1) is 23.8 Å². The second kappa shape index (κ2) is 7.22. The number of nitro groups is 1. The van der Waals surface area contributed by atoms with Crippen LogP contribution in [-0.4, -0.2) is 39.0 Å². The number of aromatic nitrogens is 2. The Hall–Kier alpha value is -3.43. The number of ether oxygens (including phenoxy) is 1. The number of hydrogen-bond acceptors (Lipinski definition) is 7. The molecule has 3 N–H and O–H groups in total. The summed E-state index contributed by atoms with van der Waals surface area (Å²) < 4.78 is 5.15. The summed E-state index contributed by atoms with van der Waals surface area (Å²) in [6.45, 7) is 3.64. The Kier molecular flexibility index (Phi) is 5.09. The molecule has 0 spiro atoms. The van der Waals surface area contributed by atoms with Crippen molar-refractivity contribution in [2.45, 2.75) is 13.8 Å². The molecule has 10 heteroatoms. The lowest BCUT2D eigenvalue weighted by Gasteiger charge is -2.07. The van der Waals surface area contributed by atoms with E-state index in [1.807, 2.05) is 0 Å². The number of hydrogen-bond donors (Lipinski definition) is 3. The Bertz CT molecular complexity index is 799. The van der Waals surface area contributed by atoms with Crippen molar-refractivity contribution in [2.24, 2.45) is 5.10 Å². The summed E-state index contributed by atoms with van der Waals surface area (Å²) in [5.74, 6) is -0.913. The summed E-state index contributed by atoms with van der Waals surface area (Å²) in [5.41, 5.74) is 2.83. The van der Waals surface area contributed by atoms with Crippen LogP contribution in [0.3, 0.4) is 0 Å². The molecule has 0 atom stereocenters. The van der Waals surface area contributed by atoms with Crippen LogP contribution >= 0.6 is 0 Å². The van der Waals surface area contributed by atoms with E-state index >= 15 is 0 Å². The van der Waals surface area contributed by atoms with Crippen LogP contribution < -0.4 is 10.2 Å². The first-order valence-electron chi connectivity index (χ1n) is 6.92. The van der Waals surface area contributed by atoms with Crippen LogP contribution in [0.2, 0.25) is 0 Å². The summed E-state index contributed by atoms with van der Waals surface area (Å²) in [5, 5.41) is 31.0. The first-order chi connectivity index (χ1) is 11.4. The van der Waals surface area contributed by atoms with Gasteiger partial charge in [-0.1, -0.05) is 0 Å². The van der Waals surface area contributed by atoms with Gasteiger partial charge in [0.1, 0.15) is 0 Å². The van der Waals surface area contributed by atoms with Gasteiger partial charge < -0.3 is 9.84 Å². The molecular weight excluding hydrogens is 318 g/mol. The smallest absolute Gasteiger partial charge is 0.291 e. The first-order valence-corrected chi connectivity index (χ1v) is 6.92. The molecule has 0 aliphatic heterocycles. The van der Waals surface area contributed by atoms with Crippen molar-refractivity contribution in [1.29, 1.82) is 0 Å². The fourth-order valence-corrected chi connectivity index (χ4v) is 1.84. The highest BCUT2D eigenvalue weighted by Gasteiger charge is 2.16. The Morgan fingerprint density at radius 2 is 2.29 bits per heavy atom. The van der Waals surface area contributed by atoms with E-state index in [1.54, 1.807) is 13.8 Å². The summed E-state index contributed by atoms with van der Waals surface area (Å²) >= 11 is 0. The van der Waals surface area contributed by atoms with E-state index in [0.29, 0.717) is 5.69 Å². The number of nitro benzene ring substituents is 1. The molecule has 1 aromatic heterocycles. The van der Waals surface area contributed by atoms with Crippen LogP contribution in [0.15, 0.2) is 23.3 Å². The predicted molar refractivity (Wildman–Crippen MR) is 84.3 cm³/mol. The number of aromatic amines is 1. The van der Waals surface area contributed by atoms with Gasteiger partial charge in [0.25, 0.3) is 11.6 Å². The maximum Gasteiger partial charge on any atom is 0.291 e. The molecule has 0 saturated carbocycles. The number of hydrazone groups is 1. The van der Waals surface area contributed by atoms with Crippen LogP contribution in [-0.2, 0) is 0 Å². The number of carbonyl (C=O) groups is 1. The maximum absolute atomic E-state index is 11.8. The minimum Gasteiger partial charge on any atom is -0.504 e. The minimum atomic E-state index is -0.621. The highest BCUT2D eigenvalue weighted by molar-refractivity contribution is 5.93. The number of nitrogens with zero attached hydrogens (tertiary/aromatic N) is 3. The molecular formula is C14H15N5O5. The third-order valence-electron chi connectivity index (χ3n) is 2.91. The molecule has 10 nitrogen and oxygen atoms in total. The second-order valence-corrected chi connectivity index (χ2v) is 4.71. The molecule has 0 fully saturated rings. The van der Waals surface area contributed by atoms with Gasteiger partial charge in [0.2, 0.25) is 0 Å². The molecule has 1 aromatic carbocycles. The number of aromatic hydroxyl groups is 1. The van der Waals surface area contributed by atoms with Crippen molar-refractivity contribution in [3.8, 4) is 11.5 Å². The zero-order chi connectivity index (χ0) is 17.7. The van der Waals surface area contributed by atoms with Crippen molar-refractivity contribution in [2.75, 3.05) is 6.61 Å². The van der Waals surface area contributed by atoms with Gasteiger partial charge in [-0.3, -0.25) is 20.0 Å². The Morgan fingerprint density at radius 3 is 2.88 bits per heavy atom. The lowest BCUT2D eigenvalue weighted by atomic mass is 10.1. The molecule has 0 unspecified atom stereocenters. The van der Waals surface area contributed by atoms with E-state index < -0.39 is 10.8 Å². The highest BCUT2D eigenvalue weighted by Crippen LogP contribution is 2.33.